The molecule has 0 bridgehead atoms. The quantitative estimate of drug-likeness (QED) is 0.0204. The Morgan fingerprint density at radius 3 is 1.07 bits per heavy atom. The molecule has 0 saturated carbocycles. The molecule has 14 nitrogen and oxygen atoms in total. The summed E-state index contributed by atoms with van der Waals surface area (Å²) in [7, 11) is 0. The molecule has 0 aromatic carbocycles. The summed E-state index contributed by atoms with van der Waals surface area (Å²) in [6.07, 6.45) is 85.9. The molecule has 1 amide bonds. The van der Waals surface area contributed by atoms with Gasteiger partial charge < -0.3 is 65.1 Å². The smallest absolute Gasteiger partial charge is 0.220 e. The second kappa shape index (κ2) is 66.8. The lowest BCUT2D eigenvalue weighted by molar-refractivity contribution is -0.359. The highest BCUT2D eigenvalue weighted by atomic mass is 16.7. The summed E-state index contributed by atoms with van der Waals surface area (Å²) >= 11 is 0. The first-order valence-electron chi connectivity index (χ1n) is 39.2. The van der Waals surface area contributed by atoms with Crippen molar-refractivity contribution in [3.05, 3.63) is 158 Å². The van der Waals surface area contributed by atoms with Gasteiger partial charge in [-0.3, -0.25) is 4.79 Å². The molecule has 0 spiro atoms. The van der Waals surface area contributed by atoms with E-state index in [0.29, 0.717) is 6.42 Å². The van der Waals surface area contributed by atoms with E-state index in [2.05, 4.69) is 165 Å². The van der Waals surface area contributed by atoms with Crippen LogP contribution in [0.1, 0.15) is 277 Å². The van der Waals surface area contributed by atoms with E-state index < -0.39 is 86.8 Å². The van der Waals surface area contributed by atoms with Crippen LogP contribution in [0.25, 0.3) is 0 Å². The number of aliphatic hydroxyl groups is 8. The maximum absolute atomic E-state index is 13.4. The Morgan fingerprint density at radius 1 is 0.374 bits per heavy atom. The van der Waals surface area contributed by atoms with E-state index in [1.54, 1.807) is 6.08 Å². The van der Waals surface area contributed by atoms with Gasteiger partial charge >= 0.3 is 0 Å². The lowest BCUT2D eigenvalue weighted by Crippen LogP contribution is -2.65. The second-order valence-corrected chi connectivity index (χ2v) is 26.8. The largest absolute Gasteiger partial charge is 0.394 e. The molecule has 2 heterocycles. The molecule has 9 N–H and O–H groups in total. The number of carbonyl (C=O) groups is 1. The molecule has 99 heavy (non-hydrogen) atoms. The number of ether oxygens (including phenoxy) is 4. The van der Waals surface area contributed by atoms with Gasteiger partial charge in [-0.1, -0.05) is 320 Å². The van der Waals surface area contributed by atoms with Gasteiger partial charge in [-0.2, -0.15) is 0 Å². The number of nitrogens with one attached hydrogen (secondary N) is 1. The van der Waals surface area contributed by atoms with E-state index in [0.717, 1.165) is 122 Å². The zero-order valence-electron chi connectivity index (χ0n) is 61.7. The van der Waals surface area contributed by atoms with Gasteiger partial charge in [0.15, 0.2) is 12.6 Å². The Balaban J connectivity index is 1.66. The predicted octanol–water partition coefficient (Wildman–Crippen LogP) is 17.7. The van der Waals surface area contributed by atoms with Crippen molar-refractivity contribution in [1.29, 1.82) is 0 Å². The van der Waals surface area contributed by atoms with Crippen LogP contribution in [0.5, 0.6) is 0 Å². The van der Waals surface area contributed by atoms with Crippen molar-refractivity contribution in [2.45, 2.75) is 351 Å². The van der Waals surface area contributed by atoms with Crippen LogP contribution >= 0.6 is 0 Å². The average Bonchev–Trinajstić information content (AvgIpc) is 0.799. The van der Waals surface area contributed by atoms with Crippen molar-refractivity contribution in [3.8, 4) is 0 Å². The van der Waals surface area contributed by atoms with Crippen LogP contribution in [0.2, 0.25) is 0 Å². The van der Waals surface area contributed by atoms with Crippen molar-refractivity contribution < 1.29 is 64.6 Å². The van der Waals surface area contributed by atoms with E-state index in [9.17, 15) is 45.6 Å². The fourth-order valence-corrected chi connectivity index (χ4v) is 11.8. The topological polar surface area (TPSA) is 228 Å². The normalized spacial score (nSPS) is 22.8. The molecular weight excluding hydrogens is 1240 g/mol. The van der Waals surface area contributed by atoms with Crippen LogP contribution in [-0.2, 0) is 23.7 Å². The lowest BCUT2D eigenvalue weighted by Gasteiger charge is -2.46. The van der Waals surface area contributed by atoms with E-state index >= 15 is 0 Å². The van der Waals surface area contributed by atoms with Crippen molar-refractivity contribution in [3.63, 3.8) is 0 Å². The fourth-order valence-electron chi connectivity index (χ4n) is 11.8. The monoisotopic (exact) mass is 1380 g/mol. The fraction of sp³-hybridized carbons (Fsp3) is 0.682. The lowest BCUT2D eigenvalue weighted by atomic mass is 9.97. The molecule has 12 unspecified atom stereocenters. The highest BCUT2D eigenvalue weighted by Crippen LogP contribution is 2.30. The van der Waals surface area contributed by atoms with Crippen molar-refractivity contribution in [2.24, 2.45) is 0 Å². The van der Waals surface area contributed by atoms with Crippen molar-refractivity contribution >= 4 is 5.91 Å². The molecule has 2 aliphatic rings. The summed E-state index contributed by atoms with van der Waals surface area (Å²) in [5.41, 5.74) is 0. The first kappa shape index (κ1) is 90.7. The molecule has 2 saturated heterocycles. The van der Waals surface area contributed by atoms with Crippen LogP contribution < -0.4 is 5.32 Å². The third-order valence-corrected chi connectivity index (χ3v) is 18.0. The zero-order valence-corrected chi connectivity index (χ0v) is 61.7. The van der Waals surface area contributed by atoms with Gasteiger partial charge in [0.05, 0.1) is 32.0 Å². The van der Waals surface area contributed by atoms with Crippen LogP contribution in [0.4, 0.5) is 0 Å². The van der Waals surface area contributed by atoms with Gasteiger partial charge in [0.2, 0.25) is 5.91 Å². The third kappa shape index (κ3) is 49.8. The zero-order chi connectivity index (χ0) is 71.5. The number of rotatable bonds is 63. The number of carbonyl (C=O) groups excluding carboxylic acids is 1. The van der Waals surface area contributed by atoms with Gasteiger partial charge in [0, 0.05) is 6.42 Å². The van der Waals surface area contributed by atoms with E-state index in [4.69, 9.17) is 18.9 Å². The van der Waals surface area contributed by atoms with Crippen LogP contribution in [0.3, 0.4) is 0 Å². The molecule has 0 aromatic rings. The minimum atomic E-state index is -1.80. The molecular formula is C85H141NO13. The summed E-state index contributed by atoms with van der Waals surface area (Å²) in [6, 6.07) is -0.942. The van der Waals surface area contributed by atoms with E-state index in [1.165, 1.54) is 128 Å². The van der Waals surface area contributed by atoms with Crippen molar-refractivity contribution in [2.75, 3.05) is 19.8 Å². The van der Waals surface area contributed by atoms with Crippen LogP contribution in [-0.4, -0.2) is 140 Å². The average molecular weight is 1390 g/mol. The molecule has 12 atom stereocenters. The highest BCUT2D eigenvalue weighted by Gasteiger charge is 2.51. The maximum Gasteiger partial charge on any atom is 0.220 e. The van der Waals surface area contributed by atoms with Gasteiger partial charge in [-0.25, -0.2) is 0 Å². The molecule has 564 valence electrons. The molecule has 0 aliphatic carbocycles. The first-order valence-corrected chi connectivity index (χ1v) is 39.2. The van der Waals surface area contributed by atoms with E-state index in [1.807, 2.05) is 6.08 Å². The first-order chi connectivity index (χ1) is 48.6. The van der Waals surface area contributed by atoms with Gasteiger partial charge in [0.25, 0.3) is 0 Å². The minimum absolute atomic E-state index is 0.242. The molecule has 0 aromatic heterocycles. The number of unbranched alkanes of at least 4 members (excludes halogenated alkanes) is 26. The van der Waals surface area contributed by atoms with Crippen LogP contribution in [0, 0.1) is 0 Å². The van der Waals surface area contributed by atoms with Crippen LogP contribution in [0.15, 0.2) is 158 Å². The summed E-state index contributed by atoms with van der Waals surface area (Å²) in [5.74, 6) is -0.267. The van der Waals surface area contributed by atoms with Crippen molar-refractivity contribution in [1.82, 2.24) is 5.32 Å². The summed E-state index contributed by atoms with van der Waals surface area (Å²) in [4.78, 5) is 13.4. The molecule has 2 fully saturated rings. The van der Waals surface area contributed by atoms with E-state index in [-0.39, 0.29) is 18.9 Å². The Hall–Kier alpha value is -4.39. The summed E-state index contributed by atoms with van der Waals surface area (Å²) in [5, 5.41) is 87.6. The predicted molar refractivity (Wildman–Crippen MR) is 410 cm³/mol. The Morgan fingerprint density at radius 2 is 0.697 bits per heavy atom. The summed E-state index contributed by atoms with van der Waals surface area (Å²) in [6.45, 7) is 2.68. The number of aliphatic hydroxyl groups excluding tert-OH is 8. The molecule has 2 rings (SSSR count). The molecule has 0 radical (unpaired) electrons. The Labute approximate surface area is 601 Å². The second-order valence-electron chi connectivity index (χ2n) is 26.8. The number of hydrogen-bond acceptors (Lipinski definition) is 13. The third-order valence-electron chi connectivity index (χ3n) is 18.0. The SMILES string of the molecule is CC/C=C\C/C=C\C/C=C\C/C=C\C/C=C\C/C=C\C/C=C\C/C=C\C/C=C\C/C=C\C/C=C\C/C=C\CCCCCCC(=O)NC(COC1OC(CO)C(OC2OC(CO)C(O)C(O)C2O)C(O)C1O)C(O)/C=C/CCCCCCCCCCCCCCCCCCCCCCCC. The number of amides is 1. The van der Waals surface area contributed by atoms with Gasteiger partial charge in [0.1, 0.15) is 48.8 Å². The van der Waals surface area contributed by atoms with Gasteiger partial charge in [-0.15, -0.1) is 0 Å². The number of allylic oxidation sites excluding steroid dienone is 25. The van der Waals surface area contributed by atoms with Gasteiger partial charge in [-0.05, 0) is 109 Å². The Bertz CT molecular complexity index is 2280. The standard InChI is InChI=1S/C85H141NO13/c1-3-5-7-9-11-13-15-17-19-21-23-25-27-29-30-31-32-33-34-35-36-37-38-39-40-41-42-43-44-45-47-49-51-53-55-57-59-61-63-65-67-69-77(90)86-73(72-96-84-82(95)80(93)83(76(71-88)98-84)99-85-81(94)79(92)78(91)75(70-87)97-85)74(89)68-66-64-62-60-58-56-54-52-50-48-46-28-26-24-22-20-18-16-14-12-10-8-6-4-2/h5,7,11,13,17,19,23,25,29-30,32-33,35-36,38-39,41-42,44-45,49,51,55,57,66,68,73-76,78-85,87-89,91-95H,3-4,6,8-10,12,14-16,18,20-22,24,26-28,31,34,37,40,43,46-48,50,52-54,56,58-65,67,69-72H2,1-2H3,(H,86,90)/b7-5-,13-11-,19-17-,25-23-,30-29-,33-32-,36-35-,39-38-,42-41-,45-44-,51-49-,57-55-,68-66+. The summed E-state index contributed by atoms with van der Waals surface area (Å²) < 4.78 is 22.9. The Kier molecular flexibility index (Phi) is 61.2. The highest BCUT2D eigenvalue weighted by molar-refractivity contribution is 5.76. The maximum atomic E-state index is 13.4. The number of hydrogen-bond donors (Lipinski definition) is 9. The molecule has 2 aliphatic heterocycles. The molecule has 14 heteroatoms. The minimum Gasteiger partial charge on any atom is -0.394 e.